The highest BCUT2D eigenvalue weighted by Gasteiger charge is 2.05. The Kier molecular flexibility index (Phi) is 5.54. The van der Waals surface area contributed by atoms with Crippen LogP contribution in [0.1, 0.15) is 10.6 Å². The van der Waals surface area contributed by atoms with Gasteiger partial charge in [0, 0.05) is 17.2 Å². The molecule has 0 spiro atoms. The maximum Gasteiger partial charge on any atom is 0.126 e. The SMILES string of the molecule is Fc1ccccc1CCNCc1ncc(-c2cccc(Br)c2)s1. The van der Waals surface area contributed by atoms with E-state index >= 15 is 0 Å². The molecule has 2 nitrogen and oxygen atoms in total. The van der Waals surface area contributed by atoms with Crippen molar-refractivity contribution in [1.29, 1.82) is 0 Å². The molecule has 23 heavy (non-hydrogen) atoms. The molecule has 0 bridgehead atoms. The third-order valence-corrected chi connectivity index (χ3v) is 5.01. The Morgan fingerprint density at radius 3 is 2.83 bits per heavy atom. The number of thiazole rings is 1. The largest absolute Gasteiger partial charge is 0.310 e. The van der Waals surface area contributed by atoms with Crippen molar-refractivity contribution >= 4 is 27.3 Å². The van der Waals surface area contributed by atoms with E-state index in [1.807, 2.05) is 30.5 Å². The van der Waals surface area contributed by atoms with Gasteiger partial charge in [0.2, 0.25) is 0 Å². The number of hydrogen-bond donors (Lipinski definition) is 1. The van der Waals surface area contributed by atoms with E-state index in [4.69, 9.17) is 0 Å². The van der Waals surface area contributed by atoms with Gasteiger partial charge in [0.15, 0.2) is 0 Å². The minimum Gasteiger partial charge on any atom is -0.310 e. The summed E-state index contributed by atoms with van der Waals surface area (Å²) in [7, 11) is 0. The molecule has 0 saturated heterocycles. The topological polar surface area (TPSA) is 24.9 Å². The third kappa shape index (κ3) is 4.47. The molecule has 1 aromatic heterocycles. The van der Waals surface area contributed by atoms with Crippen LogP contribution in [0.2, 0.25) is 0 Å². The second kappa shape index (κ2) is 7.81. The molecule has 0 radical (unpaired) electrons. The zero-order valence-electron chi connectivity index (χ0n) is 12.4. The first-order chi connectivity index (χ1) is 11.2. The average molecular weight is 391 g/mol. The van der Waals surface area contributed by atoms with Gasteiger partial charge in [-0.1, -0.05) is 46.3 Å². The quantitative estimate of drug-likeness (QED) is 0.596. The Balaban J connectivity index is 1.53. The van der Waals surface area contributed by atoms with Crippen LogP contribution in [0.15, 0.2) is 59.2 Å². The van der Waals surface area contributed by atoms with Crippen LogP contribution in [-0.4, -0.2) is 11.5 Å². The van der Waals surface area contributed by atoms with Crippen LogP contribution in [0.25, 0.3) is 10.4 Å². The van der Waals surface area contributed by atoms with Gasteiger partial charge in [-0.3, -0.25) is 0 Å². The number of aromatic nitrogens is 1. The standard InChI is InChI=1S/C18H16BrFN2S/c19-15-6-3-5-14(10-15)17-11-22-18(23-17)12-21-9-8-13-4-1-2-7-16(13)20/h1-7,10-11,21H,8-9,12H2. The van der Waals surface area contributed by atoms with E-state index in [2.05, 4.69) is 38.4 Å². The van der Waals surface area contributed by atoms with Crippen molar-refractivity contribution in [3.63, 3.8) is 0 Å². The number of nitrogens with zero attached hydrogens (tertiary/aromatic N) is 1. The lowest BCUT2D eigenvalue weighted by Gasteiger charge is -2.04. The number of nitrogens with one attached hydrogen (secondary N) is 1. The summed E-state index contributed by atoms with van der Waals surface area (Å²) < 4.78 is 14.6. The van der Waals surface area contributed by atoms with Crippen molar-refractivity contribution in [1.82, 2.24) is 10.3 Å². The fourth-order valence-corrected chi connectivity index (χ4v) is 3.57. The van der Waals surface area contributed by atoms with Gasteiger partial charge in [0.05, 0.1) is 4.88 Å². The summed E-state index contributed by atoms with van der Waals surface area (Å²) in [5.74, 6) is -0.138. The first-order valence-corrected chi connectivity index (χ1v) is 8.98. The van der Waals surface area contributed by atoms with Crippen LogP contribution >= 0.6 is 27.3 Å². The number of hydrogen-bond acceptors (Lipinski definition) is 3. The highest BCUT2D eigenvalue weighted by Crippen LogP contribution is 2.28. The fraction of sp³-hybridized carbons (Fsp3) is 0.167. The van der Waals surface area contributed by atoms with Crippen molar-refractivity contribution in [2.75, 3.05) is 6.54 Å². The Labute approximate surface area is 147 Å². The van der Waals surface area contributed by atoms with Gasteiger partial charge in [0.25, 0.3) is 0 Å². The van der Waals surface area contributed by atoms with Gasteiger partial charge in [-0.2, -0.15) is 0 Å². The van der Waals surface area contributed by atoms with E-state index in [0.717, 1.165) is 32.0 Å². The second-order valence-corrected chi connectivity index (χ2v) is 7.18. The summed E-state index contributed by atoms with van der Waals surface area (Å²) in [6.07, 6.45) is 2.58. The molecule has 2 aromatic carbocycles. The molecule has 0 aliphatic heterocycles. The molecule has 0 aliphatic carbocycles. The third-order valence-electron chi connectivity index (χ3n) is 3.47. The zero-order valence-corrected chi connectivity index (χ0v) is 14.8. The van der Waals surface area contributed by atoms with Gasteiger partial charge < -0.3 is 5.32 Å². The Morgan fingerprint density at radius 2 is 2.00 bits per heavy atom. The van der Waals surface area contributed by atoms with Crippen LogP contribution in [0.3, 0.4) is 0 Å². The molecule has 1 N–H and O–H groups in total. The van der Waals surface area contributed by atoms with Crippen molar-refractivity contribution in [2.24, 2.45) is 0 Å². The van der Waals surface area contributed by atoms with Crippen LogP contribution in [-0.2, 0) is 13.0 Å². The van der Waals surface area contributed by atoms with Crippen molar-refractivity contribution in [3.8, 4) is 10.4 Å². The molecular weight excluding hydrogens is 375 g/mol. The monoisotopic (exact) mass is 390 g/mol. The molecule has 0 saturated carbocycles. The molecule has 3 aromatic rings. The summed E-state index contributed by atoms with van der Waals surface area (Å²) in [5.41, 5.74) is 1.91. The van der Waals surface area contributed by atoms with Crippen molar-refractivity contribution < 1.29 is 4.39 Å². The van der Waals surface area contributed by atoms with Crippen LogP contribution in [0, 0.1) is 5.82 Å². The molecule has 1 heterocycles. The summed E-state index contributed by atoms with van der Waals surface area (Å²) in [5, 5.41) is 4.36. The molecule has 0 atom stereocenters. The van der Waals surface area contributed by atoms with E-state index in [9.17, 15) is 4.39 Å². The van der Waals surface area contributed by atoms with E-state index in [1.54, 1.807) is 17.4 Å². The molecule has 3 rings (SSSR count). The maximum absolute atomic E-state index is 13.5. The van der Waals surface area contributed by atoms with Gasteiger partial charge in [-0.05, 0) is 42.3 Å². The molecule has 0 amide bonds. The van der Waals surface area contributed by atoms with E-state index in [-0.39, 0.29) is 5.82 Å². The first-order valence-electron chi connectivity index (χ1n) is 7.37. The Morgan fingerprint density at radius 1 is 1.13 bits per heavy atom. The molecule has 0 aliphatic rings. The van der Waals surface area contributed by atoms with Gasteiger partial charge >= 0.3 is 0 Å². The van der Waals surface area contributed by atoms with E-state index in [0.29, 0.717) is 13.0 Å². The summed E-state index contributed by atoms with van der Waals surface area (Å²) in [6.45, 7) is 1.43. The smallest absolute Gasteiger partial charge is 0.126 e. The van der Waals surface area contributed by atoms with Crippen LogP contribution < -0.4 is 5.32 Å². The minimum absolute atomic E-state index is 0.138. The molecular formula is C18H16BrFN2S. The number of rotatable bonds is 6. The Bertz CT molecular complexity index is 788. The average Bonchev–Trinajstić information content (AvgIpc) is 3.02. The summed E-state index contributed by atoms with van der Waals surface area (Å²) in [4.78, 5) is 5.60. The highest BCUT2D eigenvalue weighted by atomic mass is 79.9. The van der Waals surface area contributed by atoms with Crippen LogP contribution in [0.5, 0.6) is 0 Å². The van der Waals surface area contributed by atoms with E-state index < -0.39 is 0 Å². The number of halogens is 2. The van der Waals surface area contributed by atoms with Crippen LogP contribution in [0.4, 0.5) is 4.39 Å². The second-order valence-electron chi connectivity index (χ2n) is 5.15. The molecule has 5 heteroatoms. The lowest BCUT2D eigenvalue weighted by atomic mass is 10.1. The molecule has 0 fully saturated rings. The predicted molar refractivity (Wildman–Crippen MR) is 97.1 cm³/mol. The summed E-state index contributed by atoms with van der Waals surface area (Å²) in [6, 6.07) is 15.1. The Hall–Kier alpha value is -1.56. The highest BCUT2D eigenvalue weighted by molar-refractivity contribution is 9.10. The van der Waals surface area contributed by atoms with Crippen molar-refractivity contribution in [2.45, 2.75) is 13.0 Å². The lowest BCUT2D eigenvalue weighted by molar-refractivity contribution is 0.597. The zero-order chi connectivity index (χ0) is 16.1. The van der Waals surface area contributed by atoms with E-state index in [1.165, 1.54) is 6.07 Å². The van der Waals surface area contributed by atoms with Gasteiger partial charge in [-0.15, -0.1) is 11.3 Å². The maximum atomic E-state index is 13.5. The van der Waals surface area contributed by atoms with Gasteiger partial charge in [0.1, 0.15) is 10.8 Å². The fourth-order valence-electron chi connectivity index (χ4n) is 2.29. The molecule has 118 valence electrons. The first kappa shape index (κ1) is 16.3. The lowest BCUT2D eigenvalue weighted by Crippen LogP contribution is -2.16. The normalized spacial score (nSPS) is 10.9. The van der Waals surface area contributed by atoms with Crippen molar-refractivity contribution in [3.05, 3.63) is 75.6 Å². The van der Waals surface area contributed by atoms with Gasteiger partial charge in [-0.25, -0.2) is 9.37 Å². The minimum atomic E-state index is -0.138. The number of benzene rings is 2. The predicted octanol–water partition coefficient (Wildman–Crippen LogP) is 5.04. The molecule has 0 unspecified atom stereocenters. The summed E-state index contributed by atoms with van der Waals surface area (Å²) >= 11 is 5.16.